The summed E-state index contributed by atoms with van der Waals surface area (Å²) in [5.74, 6) is 0. The lowest BCUT2D eigenvalue weighted by Gasteiger charge is -2.36. The van der Waals surface area contributed by atoms with E-state index in [0.29, 0.717) is 6.04 Å². The molecule has 0 saturated heterocycles. The molecule has 114 valence electrons. The molecule has 20 heavy (non-hydrogen) atoms. The largest absolute Gasteiger partial charge is 0.314 e. The van der Waals surface area contributed by atoms with Crippen molar-refractivity contribution in [3.05, 3.63) is 29.6 Å². The van der Waals surface area contributed by atoms with E-state index in [2.05, 4.69) is 62.1 Å². The van der Waals surface area contributed by atoms with Crippen molar-refractivity contribution in [1.29, 1.82) is 0 Å². The van der Waals surface area contributed by atoms with Crippen LogP contribution in [0.3, 0.4) is 0 Å². The van der Waals surface area contributed by atoms with E-state index in [1.807, 2.05) is 13.0 Å². The zero-order valence-corrected chi connectivity index (χ0v) is 14.0. The van der Waals surface area contributed by atoms with E-state index >= 15 is 0 Å². The lowest BCUT2D eigenvalue weighted by molar-refractivity contribution is 0.159. The van der Waals surface area contributed by atoms with Crippen LogP contribution in [0.2, 0.25) is 0 Å². The monoisotopic (exact) mass is 277 g/mol. The van der Waals surface area contributed by atoms with Gasteiger partial charge in [0.15, 0.2) is 0 Å². The first-order valence-electron chi connectivity index (χ1n) is 7.69. The van der Waals surface area contributed by atoms with E-state index in [0.717, 1.165) is 31.0 Å². The van der Waals surface area contributed by atoms with Gasteiger partial charge >= 0.3 is 0 Å². The molecule has 3 heteroatoms. The van der Waals surface area contributed by atoms with Crippen LogP contribution in [0.1, 0.15) is 45.5 Å². The van der Waals surface area contributed by atoms with Crippen LogP contribution in [0.5, 0.6) is 0 Å². The molecule has 0 aliphatic rings. The first-order chi connectivity index (χ1) is 9.35. The SMILES string of the molecule is CCCNC(C)C(C)(C)CN(C)Cc1cccc(C)n1. The molecule has 1 unspecified atom stereocenters. The molecule has 1 aromatic heterocycles. The molecule has 0 radical (unpaired) electrons. The van der Waals surface area contributed by atoms with Gasteiger partial charge in [-0.15, -0.1) is 0 Å². The Morgan fingerprint density at radius 2 is 2.05 bits per heavy atom. The Balaban J connectivity index is 2.53. The highest BCUT2D eigenvalue weighted by Gasteiger charge is 2.26. The highest BCUT2D eigenvalue weighted by atomic mass is 15.1. The molecule has 0 amide bonds. The average Bonchev–Trinajstić information content (AvgIpc) is 2.34. The van der Waals surface area contributed by atoms with E-state index < -0.39 is 0 Å². The Bertz CT molecular complexity index is 401. The maximum Gasteiger partial charge on any atom is 0.0547 e. The Kier molecular flexibility index (Phi) is 6.63. The molecule has 1 N–H and O–H groups in total. The quantitative estimate of drug-likeness (QED) is 0.790. The molecule has 1 heterocycles. The van der Waals surface area contributed by atoms with Crippen molar-refractivity contribution in [2.24, 2.45) is 5.41 Å². The number of pyridine rings is 1. The first kappa shape index (κ1) is 17.1. The molecule has 1 rings (SSSR count). The number of nitrogens with one attached hydrogen (secondary N) is 1. The summed E-state index contributed by atoms with van der Waals surface area (Å²) in [6, 6.07) is 6.75. The summed E-state index contributed by atoms with van der Waals surface area (Å²) in [4.78, 5) is 6.95. The third-order valence-corrected chi connectivity index (χ3v) is 3.93. The first-order valence-corrected chi connectivity index (χ1v) is 7.69. The smallest absolute Gasteiger partial charge is 0.0547 e. The second kappa shape index (κ2) is 7.75. The fraction of sp³-hybridized carbons (Fsp3) is 0.706. The van der Waals surface area contributed by atoms with Crippen LogP contribution < -0.4 is 5.32 Å². The maximum atomic E-state index is 4.58. The molecule has 0 spiro atoms. The number of rotatable bonds is 8. The van der Waals surface area contributed by atoms with Crippen molar-refractivity contribution >= 4 is 0 Å². The second-order valence-electron chi connectivity index (χ2n) is 6.61. The van der Waals surface area contributed by atoms with Crippen LogP contribution in [0.25, 0.3) is 0 Å². The van der Waals surface area contributed by atoms with E-state index in [9.17, 15) is 0 Å². The summed E-state index contributed by atoms with van der Waals surface area (Å²) < 4.78 is 0. The van der Waals surface area contributed by atoms with Gasteiger partial charge in [-0.25, -0.2) is 0 Å². The lowest BCUT2D eigenvalue weighted by Crippen LogP contribution is -2.46. The van der Waals surface area contributed by atoms with Crippen LogP contribution in [0.4, 0.5) is 0 Å². The Hall–Kier alpha value is -0.930. The number of aryl methyl sites for hydroxylation is 1. The van der Waals surface area contributed by atoms with E-state index in [-0.39, 0.29) is 5.41 Å². The summed E-state index contributed by atoms with van der Waals surface area (Å²) in [7, 11) is 2.18. The standard InChI is InChI=1S/C17H31N3/c1-7-11-18-15(3)17(4,5)13-20(6)12-16-10-8-9-14(2)19-16/h8-10,15,18H,7,11-13H2,1-6H3. The van der Waals surface area contributed by atoms with Gasteiger partial charge in [0.05, 0.1) is 5.69 Å². The van der Waals surface area contributed by atoms with Crippen molar-refractivity contribution in [2.75, 3.05) is 20.1 Å². The summed E-state index contributed by atoms with van der Waals surface area (Å²) in [6.45, 7) is 14.3. The summed E-state index contributed by atoms with van der Waals surface area (Å²) in [5, 5.41) is 3.61. The number of nitrogens with zero attached hydrogens (tertiary/aromatic N) is 2. The van der Waals surface area contributed by atoms with Gasteiger partial charge < -0.3 is 5.32 Å². The van der Waals surface area contributed by atoms with E-state index in [4.69, 9.17) is 0 Å². The summed E-state index contributed by atoms with van der Waals surface area (Å²) >= 11 is 0. The minimum absolute atomic E-state index is 0.244. The van der Waals surface area contributed by atoms with Gasteiger partial charge in [-0.1, -0.05) is 26.8 Å². The average molecular weight is 277 g/mol. The number of hydrogen-bond donors (Lipinski definition) is 1. The number of aromatic nitrogens is 1. The van der Waals surface area contributed by atoms with Crippen LogP contribution in [-0.4, -0.2) is 36.1 Å². The third-order valence-electron chi connectivity index (χ3n) is 3.93. The normalized spacial score (nSPS) is 13.8. The fourth-order valence-electron chi connectivity index (χ4n) is 2.49. The van der Waals surface area contributed by atoms with Gasteiger partial charge in [-0.3, -0.25) is 9.88 Å². The highest BCUT2D eigenvalue weighted by molar-refractivity contribution is 5.09. The van der Waals surface area contributed by atoms with E-state index in [1.165, 1.54) is 6.42 Å². The molecule has 0 fully saturated rings. The Morgan fingerprint density at radius 1 is 1.35 bits per heavy atom. The van der Waals surface area contributed by atoms with Crippen molar-refractivity contribution in [2.45, 2.75) is 53.6 Å². The molecule has 3 nitrogen and oxygen atoms in total. The third kappa shape index (κ3) is 5.59. The van der Waals surface area contributed by atoms with Crippen molar-refractivity contribution < 1.29 is 0 Å². The predicted octanol–water partition coefficient (Wildman–Crippen LogP) is 3.24. The van der Waals surface area contributed by atoms with Gasteiger partial charge in [0.2, 0.25) is 0 Å². The van der Waals surface area contributed by atoms with Crippen molar-refractivity contribution in [1.82, 2.24) is 15.2 Å². The number of hydrogen-bond acceptors (Lipinski definition) is 3. The topological polar surface area (TPSA) is 28.2 Å². The van der Waals surface area contributed by atoms with Gasteiger partial charge in [-0.2, -0.15) is 0 Å². The summed E-state index contributed by atoms with van der Waals surface area (Å²) in [6.07, 6.45) is 1.18. The van der Waals surface area contributed by atoms with Crippen molar-refractivity contribution in [3.63, 3.8) is 0 Å². The highest BCUT2D eigenvalue weighted by Crippen LogP contribution is 2.22. The van der Waals surface area contributed by atoms with Gasteiger partial charge in [0.1, 0.15) is 0 Å². The Morgan fingerprint density at radius 3 is 2.65 bits per heavy atom. The molecular formula is C17H31N3. The Labute approximate surface area is 124 Å². The summed E-state index contributed by atoms with van der Waals surface area (Å²) in [5.41, 5.74) is 2.49. The molecule has 0 bridgehead atoms. The zero-order valence-electron chi connectivity index (χ0n) is 14.0. The fourth-order valence-corrected chi connectivity index (χ4v) is 2.49. The van der Waals surface area contributed by atoms with Crippen molar-refractivity contribution in [3.8, 4) is 0 Å². The molecular weight excluding hydrogens is 246 g/mol. The van der Waals surface area contributed by atoms with Crippen LogP contribution in [0.15, 0.2) is 18.2 Å². The van der Waals surface area contributed by atoms with Crippen LogP contribution in [-0.2, 0) is 6.54 Å². The molecule has 0 aliphatic carbocycles. The minimum Gasteiger partial charge on any atom is -0.314 e. The van der Waals surface area contributed by atoms with E-state index in [1.54, 1.807) is 0 Å². The molecule has 1 atom stereocenters. The molecule has 1 aromatic rings. The molecule has 0 saturated carbocycles. The second-order valence-corrected chi connectivity index (χ2v) is 6.61. The minimum atomic E-state index is 0.244. The predicted molar refractivity (Wildman–Crippen MR) is 86.8 cm³/mol. The molecule has 0 aromatic carbocycles. The van der Waals surface area contributed by atoms with Crippen LogP contribution >= 0.6 is 0 Å². The van der Waals surface area contributed by atoms with Crippen LogP contribution in [0, 0.1) is 12.3 Å². The lowest BCUT2D eigenvalue weighted by atomic mass is 9.84. The van der Waals surface area contributed by atoms with Gasteiger partial charge in [-0.05, 0) is 51.4 Å². The maximum absolute atomic E-state index is 4.58. The molecule has 0 aliphatic heterocycles. The van der Waals surface area contributed by atoms with Gasteiger partial charge in [0.25, 0.3) is 0 Å². The van der Waals surface area contributed by atoms with Gasteiger partial charge in [0, 0.05) is 24.8 Å². The zero-order chi connectivity index (χ0) is 15.2.